The molecule has 0 N–H and O–H groups in total. The van der Waals surface area contributed by atoms with Gasteiger partial charge in [0.15, 0.2) is 0 Å². The molecule has 0 amide bonds. The van der Waals surface area contributed by atoms with Gasteiger partial charge in [0.05, 0.1) is 19.9 Å². The molecule has 0 aliphatic carbocycles. The summed E-state index contributed by atoms with van der Waals surface area (Å²) < 4.78 is 39.7. The highest BCUT2D eigenvalue weighted by Crippen LogP contribution is 2.36. The van der Waals surface area contributed by atoms with Crippen molar-refractivity contribution in [1.82, 2.24) is 14.1 Å². The lowest BCUT2D eigenvalue weighted by Crippen LogP contribution is -2.36. The standard InChI is InChI=1S/C16H20ClN3O4S/c1-10-15(16(17)19(2)18-10)25(21,22)20-6-5-11-7-12(23-3)8-14(24-4)13(11)9-20/h7-8H,5-6,9H2,1-4H3. The van der Waals surface area contributed by atoms with Gasteiger partial charge in [-0.05, 0) is 25.0 Å². The Kier molecular flexibility index (Phi) is 4.70. The number of hydrogen-bond acceptors (Lipinski definition) is 5. The molecule has 0 radical (unpaired) electrons. The summed E-state index contributed by atoms with van der Waals surface area (Å²) in [6.07, 6.45) is 0.569. The van der Waals surface area contributed by atoms with Gasteiger partial charge in [0.2, 0.25) is 10.0 Å². The number of fused-ring (bicyclic) bond motifs is 1. The van der Waals surface area contributed by atoms with Crippen molar-refractivity contribution in [3.8, 4) is 11.5 Å². The van der Waals surface area contributed by atoms with E-state index in [-0.39, 0.29) is 16.6 Å². The monoisotopic (exact) mass is 385 g/mol. The van der Waals surface area contributed by atoms with Gasteiger partial charge in [-0.25, -0.2) is 8.42 Å². The smallest absolute Gasteiger partial charge is 0.248 e. The van der Waals surface area contributed by atoms with E-state index < -0.39 is 10.0 Å². The van der Waals surface area contributed by atoms with Crippen molar-refractivity contribution >= 4 is 21.6 Å². The number of aromatic nitrogens is 2. The molecular formula is C16H20ClN3O4S. The maximum absolute atomic E-state index is 13.1. The van der Waals surface area contributed by atoms with Crippen molar-refractivity contribution in [3.05, 3.63) is 34.1 Å². The fourth-order valence-corrected chi connectivity index (χ4v) is 5.23. The zero-order valence-electron chi connectivity index (χ0n) is 14.5. The second kappa shape index (κ2) is 6.51. The Morgan fingerprint density at radius 2 is 1.96 bits per heavy atom. The van der Waals surface area contributed by atoms with Crippen LogP contribution in [0.25, 0.3) is 0 Å². The number of ether oxygens (including phenoxy) is 2. The Labute approximate surface area is 152 Å². The summed E-state index contributed by atoms with van der Waals surface area (Å²) in [6.45, 7) is 2.22. The first-order valence-corrected chi connectivity index (χ1v) is 9.54. The average Bonchev–Trinajstić information content (AvgIpc) is 2.85. The highest BCUT2D eigenvalue weighted by Gasteiger charge is 2.34. The molecular weight excluding hydrogens is 366 g/mol. The zero-order valence-corrected chi connectivity index (χ0v) is 16.1. The van der Waals surface area contributed by atoms with Crippen molar-refractivity contribution in [2.45, 2.75) is 24.8 Å². The van der Waals surface area contributed by atoms with Crippen LogP contribution in [0.5, 0.6) is 11.5 Å². The number of rotatable bonds is 4. The molecule has 25 heavy (non-hydrogen) atoms. The van der Waals surface area contributed by atoms with Crippen LogP contribution in [0.3, 0.4) is 0 Å². The second-order valence-corrected chi connectivity index (χ2v) is 8.12. The van der Waals surface area contributed by atoms with Gasteiger partial charge in [0.25, 0.3) is 0 Å². The highest BCUT2D eigenvalue weighted by molar-refractivity contribution is 7.89. The average molecular weight is 386 g/mol. The minimum atomic E-state index is -3.75. The van der Waals surface area contributed by atoms with Gasteiger partial charge < -0.3 is 9.47 Å². The molecule has 0 spiro atoms. The molecule has 1 aliphatic rings. The molecule has 1 aromatic carbocycles. The van der Waals surface area contributed by atoms with Gasteiger partial charge in [-0.1, -0.05) is 11.6 Å². The molecule has 0 saturated carbocycles. The SMILES string of the molecule is COc1cc2c(c(OC)c1)CN(S(=O)(=O)c1c(C)nn(C)c1Cl)CC2. The number of sulfonamides is 1. The van der Waals surface area contributed by atoms with E-state index in [0.717, 1.165) is 11.1 Å². The number of methoxy groups -OCH3 is 2. The Balaban J connectivity index is 2.02. The van der Waals surface area contributed by atoms with E-state index in [1.54, 1.807) is 34.3 Å². The number of aryl methyl sites for hydroxylation is 2. The first kappa shape index (κ1) is 18.0. The summed E-state index contributed by atoms with van der Waals surface area (Å²) in [5.41, 5.74) is 2.26. The van der Waals surface area contributed by atoms with E-state index in [1.165, 1.54) is 8.99 Å². The fourth-order valence-electron chi connectivity index (χ4n) is 3.12. The number of benzene rings is 1. The van der Waals surface area contributed by atoms with Crippen LogP contribution in [0.15, 0.2) is 17.0 Å². The Morgan fingerprint density at radius 1 is 1.24 bits per heavy atom. The van der Waals surface area contributed by atoms with Gasteiger partial charge in [-0.3, -0.25) is 4.68 Å². The van der Waals surface area contributed by atoms with Gasteiger partial charge in [0, 0.05) is 31.8 Å². The summed E-state index contributed by atoms with van der Waals surface area (Å²) in [6, 6.07) is 3.68. The van der Waals surface area contributed by atoms with Crippen molar-refractivity contribution in [3.63, 3.8) is 0 Å². The molecule has 7 nitrogen and oxygen atoms in total. The summed E-state index contributed by atoms with van der Waals surface area (Å²) in [4.78, 5) is 0.0626. The lowest BCUT2D eigenvalue weighted by Gasteiger charge is -2.29. The molecule has 0 unspecified atom stereocenters. The Morgan fingerprint density at radius 3 is 2.52 bits per heavy atom. The van der Waals surface area contributed by atoms with Crippen LogP contribution < -0.4 is 9.47 Å². The Hall–Kier alpha value is -1.77. The largest absolute Gasteiger partial charge is 0.497 e. The summed E-state index contributed by atoms with van der Waals surface area (Å²) in [7, 11) is 1.02. The van der Waals surface area contributed by atoms with E-state index in [0.29, 0.717) is 30.2 Å². The Bertz CT molecular complexity index is 907. The number of halogens is 1. The van der Waals surface area contributed by atoms with Crippen molar-refractivity contribution in [1.29, 1.82) is 0 Å². The maximum atomic E-state index is 13.1. The predicted octanol–water partition coefficient (Wildman–Crippen LogP) is 2.15. The first-order valence-electron chi connectivity index (χ1n) is 7.72. The summed E-state index contributed by atoms with van der Waals surface area (Å²) in [5, 5.41) is 4.23. The second-order valence-electron chi connectivity index (χ2n) is 5.88. The minimum Gasteiger partial charge on any atom is -0.497 e. The van der Waals surface area contributed by atoms with Crippen molar-refractivity contribution in [2.75, 3.05) is 20.8 Å². The summed E-state index contributed by atoms with van der Waals surface area (Å²) in [5.74, 6) is 1.31. The normalized spacial score (nSPS) is 15.1. The molecule has 1 aliphatic heterocycles. The quantitative estimate of drug-likeness (QED) is 0.806. The van der Waals surface area contributed by atoms with Crippen molar-refractivity contribution in [2.24, 2.45) is 7.05 Å². The van der Waals surface area contributed by atoms with Crippen LogP contribution in [0, 0.1) is 6.92 Å². The van der Waals surface area contributed by atoms with E-state index in [2.05, 4.69) is 5.10 Å². The lowest BCUT2D eigenvalue weighted by atomic mass is 9.99. The summed E-state index contributed by atoms with van der Waals surface area (Å²) >= 11 is 6.17. The van der Waals surface area contributed by atoms with Gasteiger partial charge >= 0.3 is 0 Å². The van der Waals surface area contributed by atoms with E-state index in [1.807, 2.05) is 6.07 Å². The van der Waals surface area contributed by atoms with Gasteiger partial charge in [0.1, 0.15) is 21.5 Å². The molecule has 0 fully saturated rings. The molecule has 3 rings (SSSR count). The molecule has 9 heteroatoms. The third kappa shape index (κ3) is 2.98. The van der Waals surface area contributed by atoms with Crippen LogP contribution in [0.1, 0.15) is 16.8 Å². The predicted molar refractivity (Wildman–Crippen MR) is 93.8 cm³/mol. The number of hydrogen-bond donors (Lipinski definition) is 0. The topological polar surface area (TPSA) is 73.7 Å². The van der Waals surface area contributed by atoms with Gasteiger partial charge in [-0.15, -0.1) is 0 Å². The van der Waals surface area contributed by atoms with E-state index >= 15 is 0 Å². The third-order valence-electron chi connectivity index (χ3n) is 4.39. The zero-order chi connectivity index (χ0) is 18.4. The van der Waals surface area contributed by atoms with E-state index in [9.17, 15) is 8.42 Å². The van der Waals surface area contributed by atoms with Crippen LogP contribution in [0.4, 0.5) is 0 Å². The third-order valence-corrected chi connectivity index (χ3v) is 6.94. The van der Waals surface area contributed by atoms with Crippen LogP contribution >= 0.6 is 11.6 Å². The molecule has 2 heterocycles. The fraction of sp³-hybridized carbons (Fsp3) is 0.438. The van der Waals surface area contributed by atoms with Gasteiger partial charge in [-0.2, -0.15) is 9.40 Å². The molecule has 1 aromatic heterocycles. The molecule has 0 atom stereocenters. The van der Waals surface area contributed by atoms with E-state index in [4.69, 9.17) is 21.1 Å². The number of nitrogens with zero attached hydrogens (tertiary/aromatic N) is 3. The minimum absolute atomic E-state index is 0.0626. The molecule has 0 bridgehead atoms. The lowest BCUT2D eigenvalue weighted by molar-refractivity contribution is 0.357. The first-order chi connectivity index (χ1) is 11.8. The van der Waals surface area contributed by atoms with Crippen LogP contribution in [-0.4, -0.2) is 43.3 Å². The maximum Gasteiger partial charge on any atom is 0.248 e. The van der Waals surface area contributed by atoms with Crippen LogP contribution in [0.2, 0.25) is 5.15 Å². The molecule has 0 saturated heterocycles. The van der Waals surface area contributed by atoms with Crippen molar-refractivity contribution < 1.29 is 17.9 Å². The van der Waals surface area contributed by atoms with Crippen LogP contribution in [-0.2, 0) is 30.0 Å². The molecule has 136 valence electrons. The highest BCUT2D eigenvalue weighted by atomic mass is 35.5. The molecule has 2 aromatic rings.